The van der Waals surface area contributed by atoms with Crippen LogP contribution in [0.4, 0.5) is 0 Å². The van der Waals surface area contributed by atoms with Crippen LogP contribution in [-0.2, 0) is 4.74 Å². The van der Waals surface area contributed by atoms with Crippen LogP contribution < -0.4 is 0 Å². The number of hydrogen-bond acceptors (Lipinski definition) is 1. The second-order valence-corrected chi connectivity index (χ2v) is 4.82. The minimum atomic E-state index is 0.278. The molecule has 2 rings (SSSR count). The van der Waals surface area contributed by atoms with Crippen LogP contribution in [0, 0.1) is 0 Å². The van der Waals surface area contributed by atoms with Gasteiger partial charge in [0, 0.05) is 0 Å². The highest BCUT2D eigenvalue weighted by Crippen LogP contribution is 2.40. The molecule has 2 fully saturated rings. The zero-order chi connectivity index (χ0) is 9.86. The van der Waals surface area contributed by atoms with Gasteiger partial charge in [0.1, 0.15) is 0 Å². The summed E-state index contributed by atoms with van der Waals surface area (Å²) in [5, 5.41) is 0. The molecular weight excluding hydrogens is 172 g/mol. The molecule has 80 valence electrons. The second-order valence-electron chi connectivity index (χ2n) is 4.82. The molecule has 1 heterocycles. The van der Waals surface area contributed by atoms with Crippen molar-refractivity contribution in [3.05, 3.63) is 12.2 Å². The van der Waals surface area contributed by atoms with E-state index in [9.17, 15) is 0 Å². The first-order valence-corrected chi connectivity index (χ1v) is 6.15. The van der Waals surface area contributed by atoms with Crippen LogP contribution in [0.25, 0.3) is 0 Å². The van der Waals surface area contributed by atoms with Crippen molar-refractivity contribution in [3.63, 3.8) is 0 Å². The summed E-state index contributed by atoms with van der Waals surface area (Å²) in [4.78, 5) is 0. The van der Waals surface area contributed by atoms with E-state index in [1.54, 1.807) is 0 Å². The quantitative estimate of drug-likeness (QED) is 0.576. The molecule has 1 nitrogen and oxygen atoms in total. The summed E-state index contributed by atoms with van der Waals surface area (Å²) in [5.74, 6) is 0. The van der Waals surface area contributed by atoms with Crippen molar-refractivity contribution in [1.29, 1.82) is 0 Å². The normalized spacial score (nSPS) is 32.5. The van der Waals surface area contributed by atoms with Crippen molar-refractivity contribution in [2.24, 2.45) is 0 Å². The van der Waals surface area contributed by atoms with Gasteiger partial charge in [-0.15, -0.1) is 0 Å². The standard InChI is InChI=1S/C13H22O/c1-2-7-12-8-6-11-13(14-12)9-4-3-5-10-13/h2,7,12H,3-6,8-11H2,1H3/b7-2+. The van der Waals surface area contributed by atoms with Gasteiger partial charge in [0.25, 0.3) is 0 Å². The van der Waals surface area contributed by atoms with Crippen molar-refractivity contribution in [2.75, 3.05) is 0 Å². The Morgan fingerprint density at radius 2 is 1.79 bits per heavy atom. The van der Waals surface area contributed by atoms with E-state index in [1.165, 1.54) is 51.4 Å². The first kappa shape index (κ1) is 10.2. The highest BCUT2D eigenvalue weighted by atomic mass is 16.5. The lowest BCUT2D eigenvalue weighted by molar-refractivity contribution is -0.128. The van der Waals surface area contributed by atoms with E-state index in [0.717, 1.165) is 0 Å². The Morgan fingerprint density at radius 1 is 1.07 bits per heavy atom. The van der Waals surface area contributed by atoms with Crippen LogP contribution in [0.2, 0.25) is 0 Å². The highest BCUT2D eigenvalue weighted by molar-refractivity contribution is 4.95. The van der Waals surface area contributed by atoms with Crippen LogP contribution in [0.3, 0.4) is 0 Å². The maximum atomic E-state index is 6.27. The molecule has 0 aromatic heterocycles. The van der Waals surface area contributed by atoms with Gasteiger partial charge in [0.2, 0.25) is 0 Å². The van der Waals surface area contributed by atoms with Crippen LogP contribution in [-0.4, -0.2) is 11.7 Å². The maximum Gasteiger partial charge on any atom is 0.0763 e. The number of allylic oxidation sites excluding steroid dienone is 1. The topological polar surface area (TPSA) is 9.23 Å². The molecule has 1 aliphatic heterocycles. The van der Waals surface area contributed by atoms with Gasteiger partial charge in [-0.05, 0) is 39.0 Å². The fourth-order valence-electron chi connectivity index (χ4n) is 2.98. The van der Waals surface area contributed by atoms with E-state index < -0.39 is 0 Å². The van der Waals surface area contributed by atoms with E-state index in [4.69, 9.17) is 4.74 Å². The Bertz CT molecular complexity index is 196. The Balaban J connectivity index is 1.97. The molecular formula is C13H22O. The molecule has 0 N–H and O–H groups in total. The second kappa shape index (κ2) is 4.48. The van der Waals surface area contributed by atoms with Crippen LogP contribution in [0.5, 0.6) is 0 Å². The predicted molar refractivity (Wildman–Crippen MR) is 59.4 cm³/mol. The third-order valence-corrected chi connectivity index (χ3v) is 3.69. The summed E-state index contributed by atoms with van der Waals surface area (Å²) >= 11 is 0. The molecule has 0 bridgehead atoms. The molecule has 0 aromatic rings. The summed E-state index contributed by atoms with van der Waals surface area (Å²) in [6, 6.07) is 0. The fraction of sp³-hybridized carbons (Fsp3) is 0.846. The molecule has 1 saturated carbocycles. The lowest BCUT2D eigenvalue weighted by Crippen LogP contribution is -2.41. The Hall–Kier alpha value is -0.300. The van der Waals surface area contributed by atoms with Crippen molar-refractivity contribution < 1.29 is 4.74 Å². The minimum Gasteiger partial charge on any atom is -0.368 e. The van der Waals surface area contributed by atoms with Crippen LogP contribution in [0.15, 0.2) is 12.2 Å². The Kier molecular flexibility index (Phi) is 3.27. The average Bonchev–Trinajstić information content (AvgIpc) is 2.19. The summed E-state index contributed by atoms with van der Waals surface area (Å²) in [5.41, 5.74) is 0.278. The molecule has 1 unspecified atom stereocenters. The first-order valence-electron chi connectivity index (χ1n) is 6.15. The zero-order valence-electron chi connectivity index (χ0n) is 9.30. The number of rotatable bonds is 1. The fourth-order valence-corrected chi connectivity index (χ4v) is 2.98. The molecule has 0 aromatic carbocycles. The van der Waals surface area contributed by atoms with Gasteiger partial charge in [-0.1, -0.05) is 31.4 Å². The molecule has 14 heavy (non-hydrogen) atoms. The Labute approximate surface area is 87.5 Å². The summed E-state index contributed by atoms with van der Waals surface area (Å²) in [7, 11) is 0. The van der Waals surface area contributed by atoms with Gasteiger partial charge in [0.15, 0.2) is 0 Å². The SMILES string of the molecule is C/C=C/C1CCCC2(CCCCC2)O1. The molecule has 0 radical (unpaired) electrons. The summed E-state index contributed by atoms with van der Waals surface area (Å²) in [6.45, 7) is 2.09. The van der Waals surface area contributed by atoms with E-state index in [1.807, 2.05) is 0 Å². The molecule has 0 amide bonds. The lowest BCUT2D eigenvalue weighted by Gasteiger charge is -2.43. The van der Waals surface area contributed by atoms with E-state index in [0.29, 0.717) is 6.10 Å². The Morgan fingerprint density at radius 3 is 2.50 bits per heavy atom. The van der Waals surface area contributed by atoms with Crippen molar-refractivity contribution in [2.45, 2.75) is 70.0 Å². The molecule has 1 saturated heterocycles. The maximum absolute atomic E-state index is 6.27. The molecule has 1 aliphatic carbocycles. The average molecular weight is 194 g/mol. The zero-order valence-corrected chi connectivity index (χ0v) is 9.30. The van der Waals surface area contributed by atoms with Gasteiger partial charge in [-0.25, -0.2) is 0 Å². The van der Waals surface area contributed by atoms with Gasteiger partial charge in [-0.3, -0.25) is 0 Å². The first-order chi connectivity index (χ1) is 6.85. The monoisotopic (exact) mass is 194 g/mol. The smallest absolute Gasteiger partial charge is 0.0763 e. The third-order valence-electron chi connectivity index (χ3n) is 3.69. The van der Waals surface area contributed by atoms with Gasteiger partial charge in [0.05, 0.1) is 11.7 Å². The predicted octanol–water partition coefficient (Wildman–Crippen LogP) is 3.83. The number of ether oxygens (including phenoxy) is 1. The molecule has 1 atom stereocenters. The van der Waals surface area contributed by atoms with Crippen molar-refractivity contribution >= 4 is 0 Å². The van der Waals surface area contributed by atoms with Crippen molar-refractivity contribution in [3.8, 4) is 0 Å². The van der Waals surface area contributed by atoms with Crippen molar-refractivity contribution in [1.82, 2.24) is 0 Å². The van der Waals surface area contributed by atoms with Gasteiger partial charge in [-0.2, -0.15) is 0 Å². The third kappa shape index (κ3) is 2.20. The van der Waals surface area contributed by atoms with Gasteiger partial charge >= 0.3 is 0 Å². The van der Waals surface area contributed by atoms with Crippen LogP contribution >= 0.6 is 0 Å². The largest absolute Gasteiger partial charge is 0.368 e. The van der Waals surface area contributed by atoms with E-state index >= 15 is 0 Å². The molecule has 2 aliphatic rings. The number of hydrogen-bond donors (Lipinski definition) is 0. The molecule has 1 heteroatoms. The summed E-state index contributed by atoms with van der Waals surface area (Å²) in [6.07, 6.45) is 15.4. The van der Waals surface area contributed by atoms with Crippen LogP contribution in [0.1, 0.15) is 58.3 Å². The molecule has 1 spiro atoms. The van der Waals surface area contributed by atoms with E-state index in [2.05, 4.69) is 19.1 Å². The summed E-state index contributed by atoms with van der Waals surface area (Å²) < 4.78 is 6.27. The highest BCUT2D eigenvalue weighted by Gasteiger charge is 2.37. The lowest BCUT2D eigenvalue weighted by atomic mass is 9.79. The van der Waals surface area contributed by atoms with Gasteiger partial charge < -0.3 is 4.74 Å². The minimum absolute atomic E-state index is 0.278. The van der Waals surface area contributed by atoms with E-state index in [-0.39, 0.29) is 5.60 Å².